The summed E-state index contributed by atoms with van der Waals surface area (Å²) in [6, 6.07) is 5.76. The summed E-state index contributed by atoms with van der Waals surface area (Å²) in [6.07, 6.45) is 2.38. The molecule has 96 valence electrons. The van der Waals surface area contributed by atoms with Gasteiger partial charge in [-0.3, -0.25) is 0 Å². The van der Waals surface area contributed by atoms with Crippen LogP contribution in [-0.2, 0) is 11.2 Å². The van der Waals surface area contributed by atoms with E-state index in [0.717, 1.165) is 29.8 Å². The van der Waals surface area contributed by atoms with Crippen molar-refractivity contribution in [3.63, 3.8) is 0 Å². The van der Waals surface area contributed by atoms with Gasteiger partial charge in [0, 0.05) is 12.5 Å². The third-order valence-electron chi connectivity index (χ3n) is 2.56. The minimum atomic E-state index is 0. The van der Waals surface area contributed by atoms with E-state index in [1.54, 1.807) is 14.2 Å². The minimum Gasteiger partial charge on any atom is -0.497 e. The number of hydrogen-bond donors (Lipinski definition) is 0. The van der Waals surface area contributed by atoms with Crippen LogP contribution < -0.4 is 9.47 Å². The van der Waals surface area contributed by atoms with Crippen LogP contribution >= 0.6 is 12.4 Å². The fourth-order valence-corrected chi connectivity index (χ4v) is 1.64. The summed E-state index contributed by atoms with van der Waals surface area (Å²) in [5.41, 5.74) is 1.11. The molecule has 0 aliphatic heterocycles. The van der Waals surface area contributed by atoms with Gasteiger partial charge in [0.15, 0.2) is 0 Å². The maximum Gasteiger partial charge on any atom is 0.125 e. The number of carbonyl (C=O) groups excluding carboxylic acids is 1. The molecule has 4 heteroatoms. The Balaban J connectivity index is 0.00000256. The van der Waals surface area contributed by atoms with Crippen LogP contribution in [0.25, 0.3) is 0 Å². The van der Waals surface area contributed by atoms with E-state index in [2.05, 4.69) is 6.92 Å². The molecule has 0 saturated heterocycles. The average Bonchev–Trinajstić information content (AvgIpc) is 2.30. The summed E-state index contributed by atoms with van der Waals surface area (Å²) in [6.45, 7) is 2.05. The molecule has 0 aliphatic rings. The number of ether oxygens (including phenoxy) is 2. The van der Waals surface area contributed by atoms with Gasteiger partial charge >= 0.3 is 0 Å². The van der Waals surface area contributed by atoms with Crippen LogP contribution in [0.4, 0.5) is 0 Å². The van der Waals surface area contributed by atoms with Gasteiger partial charge in [-0.15, -0.1) is 12.4 Å². The summed E-state index contributed by atoms with van der Waals surface area (Å²) in [5.74, 6) is 1.93. The Morgan fingerprint density at radius 3 is 2.53 bits per heavy atom. The van der Waals surface area contributed by atoms with Gasteiger partial charge in [-0.05, 0) is 24.0 Å². The highest BCUT2D eigenvalue weighted by Gasteiger charge is 2.09. The van der Waals surface area contributed by atoms with Crippen LogP contribution in [0.5, 0.6) is 11.5 Å². The fourth-order valence-electron chi connectivity index (χ4n) is 1.64. The molecule has 1 unspecified atom stereocenters. The zero-order chi connectivity index (χ0) is 12.0. The quantitative estimate of drug-likeness (QED) is 0.736. The summed E-state index contributed by atoms with van der Waals surface area (Å²) in [7, 11) is 3.27. The molecular formula is C13H19ClO3. The first-order valence-electron chi connectivity index (χ1n) is 5.35. The Labute approximate surface area is 109 Å². The first-order chi connectivity index (χ1) is 7.71. The van der Waals surface area contributed by atoms with Crippen molar-refractivity contribution < 1.29 is 14.3 Å². The topological polar surface area (TPSA) is 35.5 Å². The van der Waals surface area contributed by atoms with Gasteiger partial charge in [-0.1, -0.05) is 13.0 Å². The van der Waals surface area contributed by atoms with Crippen molar-refractivity contribution >= 4 is 18.7 Å². The molecule has 0 aliphatic carbocycles. The molecule has 0 amide bonds. The van der Waals surface area contributed by atoms with Crippen molar-refractivity contribution in [1.82, 2.24) is 0 Å². The third-order valence-corrected chi connectivity index (χ3v) is 2.56. The van der Waals surface area contributed by atoms with E-state index in [9.17, 15) is 4.79 Å². The molecule has 1 rings (SSSR count). The van der Waals surface area contributed by atoms with E-state index in [4.69, 9.17) is 9.47 Å². The van der Waals surface area contributed by atoms with Crippen LogP contribution in [-0.4, -0.2) is 20.5 Å². The van der Waals surface area contributed by atoms with Gasteiger partial charge in [-0.2, -0.15) is 0 Å². The van der Waals surface area contributed by atoms with Gasteiger partial charge in [0.1, 0.15) is 17.8 Å². The zero-order valence-corrected chi connectivity index (χ0v) is 11.3. The molecule has 0 spiro atoms. The predicted molar refractivity (Wildman–Crippen MR) is 70.3 cm³/mol. The summed E-state index contributed by atoms with van der Waals surface area (Å²) in [5, 5.41) is 0. The predicted octanol–water partition coefficient (Wildman–Crippen LogP) is 2.89. The van der Waals surface area contributed by atoms with Crippen molar-refractivity contribution in [2.24, 2.45) is 5.92 Å². The van der Waals surface area contributed by atoms with Gasteiger partial charge in [0.2, 0.25) is 0 Å². The van der Waals surface area contributed by atoms with Crippen molar-refractivity contribution in [1.29, 1.82) is 0 Å². The number of methoxy groups -OCH3 is 2. The fraction of sp³-hybridized carbons (Fsp3) is 0.462. The van der Waals surface area contributed by atoms with E-state index in [1.165, 1.54) is 0 Å². The highest BCUT2D eigenvalue weighted by atomic mass is 35.5. The van der Waals surface area contributed by atoms with E-state index in [0.29, 0.717) is 12.3 Å². The minimum absolute atomic E-state index is 0. The van der Waals surface area contributed by atoms with Crippen LogP contribution in [0.15, 0.2) is 18.2 Å². The number of halogens is 1. The number of benzene rings is 1. The SMILES string of the molecule is COc1ccc(CC(C)CC=O)c(OC)c1.Cl. The molecule has 1 aromatic carbocycles. The highest BCUT2D eigenvalue weighted by Crippen LogP contribution is 2.27. The first kappa shape index (κ1) is 15.8. The van der Waals surface area contributed by atoms with Crippen molar-refractivity contribution in [3.05, 3.63) is 23.8 Å². The van der Waals surface area contributed by atoms with E-state index >= 15 is 0 Å². The van der Waals surface area contributed by atoms with Crippen LogP contribution in [0.3, 0.4) is 0 Å². The van der Waals surface area contributed by atoms with Gasteiger partial charge < -0.3 is 14.3 Å². The number of carbonyl (C=O) groups is 1. The maximum atomic E-state index is 10.4. The molecule has 1 aromatic rings. The Bertz CT molecular complexity index is 353. The second-order valence-corrected chi connectivity index (χ2v) is 3.89. The Morgan fingerprint density at radius 2 is 2.00 bits per heavy atom. The standard InChI is InChI=1S/C13H18O3.ClH/c1-10(6-7-14)8-11-4-5-12(15-2)9-13(11)16-3;/h4-5,7,9-10H,6,8H2,1-3H3;1H. The summed E-state index contributed by atoms with van der Waals surface area (Å²) in [4.78, 5) is 10.4. The molecule has 0 saturated carbocycles. The number of rotatable bonds is 6. The first-order valence-corrected chi connectivity index (χ1v) is 5.35. The average molecular weight is 259 g/mol. The second-order valence-electron chi connectivity index (χ2n) is 3.89. The Kier molecular flexibility index (Phi) is 7.39. The second kappa shape index (κ2) is 7.96. The lowest BCUT2D eigenvalue weighted by Gasteiger charge is -2.13. The van der Waals surface area contributed by atoms with E-state index < -0.39 is 0 Å². The van der Waals surface area contributed by atoms with Crippen molar-refractivity contribution in [2.75, 3.05) is 14.2 Å². The summed E-state index contributed by atoms with van der Waals surface area (Å²) < 4.78 is 10.4. The molecular weight excluding hydrogens is 240 g/mol. The lowest BCUT2D eigenvalue weighted by molar-refractivity contribution is -0.108. The van der Waals surface area contributed by atoms with Crippen molar-refractivity contribution in [2.45, 2.75) is 19.8 Å². The maximum absolute atomic E-state index is 10.4. The lowest BCUT2D eigenvalue weighted by Crippen LogP contribution is -2.02. The molecule has 17 heavy (non-hydrogen) atoms. The monoisotopic (exact) mass is 258 g/mol. The van der Waals surface area contributed by atoms with E-state index in [-0.39, 0.29) is 12.4 Å². The van der Waals surface area contributed by atoms with Crippen molar-refractivity contribution in [3.8, 4) is 11.5 Å². The molecule has 0 radical (unpaired) electrons. The third kappa shape index (κ3) is 4.65. The molecule has 0 N–H and O–H groups in total. The largest absolute Gasteiger partial charge is 0.497 e. The van der Waals surface area contributed by atoms with Gasteiger partial charge in [-0.25, -0.2) is 0 Å². The van der Waals surface area contributed by atoms with Crippen LogP contribution in [0, 0.1) is 5.92 Å². The number of aldehydes is 1. The normalized spacial score (nSPS) is 11.2. The molecule has 0 heterocycles. The molecule has 3 nitrogen and oxygen atoms in total. The van der Waals surface area contributed by atoms with Gasteiger partial charge in [0.25, 0.3) is 0 Å². The van der Waals surface area contributed by atoms with Crippen LogP contribution in [0.2, 0.25) is 0 Å². The molecule has 0 bridgehead atoms. The summed E-state index contributed by atoms with van der Waals surface area (Å²) >= 11 is 0. The molecule has 1 atom stereocenters. The van der Waals surface area contributed by atoms with Crippen LogP contribution in [0.1, 0.15) is 18.9 Å². The highest BCUT2D eigenvalue weighted by molar-refractivity contribution is 5.85. The smallest absolute Gasteiger partial charge is 0.125 e. The van der Waals surface area contributed by atoms with Gasteiger partial charge in [0.05, 0.1) is 14.2 Å². The lowest BCUT2D eigenvalue weighted by atomic mass is 9.98. The van der Waals surface area contributed by atoms with E-state index in [1.807, 2.05) is 18.2 Å². The molecule has 0 aromatic heterocycles. The Hall–Kier alpha value is -1.22. The zero-order valence-electron chi connectivity index (χ0n) is 10.4. The molecule has 0 fully saturated rings. The number of hydrogen-bond acceptors (Lipinski definition) is 3. The Morgan fingerprint density at radius 1 is 1.29 bits per heavy atom.